The van der Waals surface area contributed by atoms with Crippen LogP contribution in [0.3, 0.4) is 0 Å². The van der Waals surface area contributed by atoms with Crippen molar-refractivity contribution in [1.82, 2.24) is 0 Å². The predicted molar refractivity (Wildman–Crippen MR) is 61.7 cm³/mol. The smallest absolute Gasteiger partial charge is 0.0874 e. The van der Waals surface area contributed by atoms with Crippen molar-refractivity contribution in [2.24, 2.45) is 0 Å². The SMILES string of the molecule is C[C@@H](O)[C@](C)(O)CCCc1ccccc1. The van der Waals surface area contributed by atoms with E-state index in [-0.39, 0.29) is 0 Å². The molecule has 0 aliphatic heterocycles. The van der Waals surface area contributed by atoms with Gasteiger partial charge in [-0.15, -0.1) is 0 Å². The van der Waals surface area contributed by atoms with Crippen LogP contribution in [0.1, 0.15) is 32.3 Å². The molecule has 0 spiro atoms. The van der Waals surface area contributed by atoms with E-state index in [1.807, 2.05) is 18.2 Å². The fourth-order valence-electron chi connectivity index (χ4n) is 1.50. The molecule has 0 bridgehead atoms. The highest BCUT2D eigenvalue weighted by atomic mass is 16.3. The van der Waals surface area contributed by atoms with Gasteiger partial charge in [0.15, 0.2) is 0 Å². The molecule has 2 atom stereocenters. The average Bonchev–Trinajstić information content (AvgIpc) is 2.19. The van der Waals surface area contributed by atoms with Crippen molar-refractivity contribution >= 4 is 0 Å². The second-order valence-electron chi connectivity index (χ2n) is 4.37. The molecule has 15 heavy (non-hydrogen) atoms. The number of hydrogen-bond donors (Lipinski definition) is 2. The van der Waals surface area contributed by atoms with Gasteiger partial charge in [-0.05, 0) is 38.7 Å². The van der Waals surface area contributed by atoms with Gasteiger partial charge in [-0.1, -0.05) is 30.3 Å². The Morgan fingerprint density at radius 2 is 1.87 bits per heavy atom. The first-order chi connectivity index (χ1) is 7.02. The molecule has 1 rings (SSSR count). The number of aryl methyl sites for hydroxylation is 1. The van der Waals surface area contributed by atoms with Crippen LogP contribution in [0.15, 0.2) is 30.3 Å². The minimum Gasteiger partial charge on any atom is -0.390 e. The van der Waals surface area contributed by atoms with Crippen molar-refractivity contribution in [2.75, 3.05) is 0 Å². The monoisotopic (exact) mass is 208 g/mol. The molecule has 0 saturated heterocycles. The van der Waals surface area contributed by atoms with E-state index in [1.54, 1.807) is 13.8 Å². The van der Waals surface area contributed by atoms with Crippen LogP contribution in [-0.2, 0) is 6.42 Å². The summed E-state index contributed by atoms with van der Waals surface area (Å²) in [5.74, 6) is 0. The molecule has 0 aliphatic rings. The second kappa shape index (κ2) is 5.29. The van der Waals surface area contributed by atoms with Crippen LogP contribution >= 0.6 is 0 Å². The summed E-state index contributed by atoms with van der Waals surface area (Å²) < 4.78 is 0. The summed E-state index contributed by atoms with van der Waals surface area (Å²) in [7, 11) is 0. The summed E-state index contributed by atoms with van der Waals surface area (Å²) in [5.41, 5.74) is 0.313. The maximum Gasteiger partial charge on any atom is 0.0874 e. The van der Waals surface area contributed by atoms with E-state index in [1.165, 1.54) is 5.56 Å². The summed E-state index contributed by atoms with van der Waals surface area (Å²) in [4.78, 5) is 0. The Hall–Kier alpha value is -0.860. The molecule has 0 heterocycles. The highest BCUT2D eigenvalue weighted by Gasteiger charge is 2.25. The molecule has 84 valence electrons. The zero-order valence-corrected chi connectivity index (χ0v) is 9.48. The molecule has 2 heteroatoms. The molecule has 1 aromatic rings. The van der Waals surface area contributed by atoms with Crippen LogP contribution in [0, 0.1) is 0 Å². The molecule has 0 amide bonds. The average molecular weight is 208 g/mol. The third-order valence-corrected chi connectivity index (χ3v) is 2.89. The van der Waals surface area contributed by atoms with Crippen molar-refractivity contribution in [3.05, 3.63) is 35.9 Å². The normalized spacial score (nSPS) is 17.1. The van der Waals surface area contributed by atoms with Gasteiger partial charge in [0.25, 0.3) is 0 Å². The minimum absolute atomic E-state index is 0.625. The lowest BCUT2D eigenvalue weighted by Gasteiger charge is -2.26. The van der Waals surface area contributed by atoms with Crippen molar-refractivity contribution in [1.29, 1.82) is 0 Å². The summed E-state index contributed by atoms with van der Waals surface area (Å²) in [6.45, 7) is 3.31. The van der Waals surface area contributed by atoms with Crippen molar-refractivity contribution in [3.8, 4) is 0 Å². The van der Waals surface area contributed by atoms with E-state index in [0.29, 0.717) is 6.42 Å². The van der Waals surface area contributed by atoms with Crippen LogP contribution in [0.25, 0.3) is 0 Å². The molecule has 0 unspecified atom stereocenters. The van der Waals surface area contributed by atoms with Gasteiger partial charge in [-0.25, -0.2) is 0 Å². The van der Waals surface area contributed by atoms with Gasteiger partial charge in [0.1, 0.15) is 0 Å². The topological polar surface area (TPSA) is 40.5 Å². The third-order valence-electron chi connectivity index (χ3n) is 2.89. The molecule has 0 aliphatic carbocycles. The largest absolute Gasteiger partial charge is 0.390 e. The van der Waals surface area contributed by atoms with Crippen LogP contribution < -0.4 is 0 Å². The molecule has 0 saturated carbocycles. The highest BCUT2D eigenvalue weighted by Crippen LogP contribution is 2.18. The zero-order chi connectivity index (χ0) is 11.3. The maximum absolute atomic E-state index is 9.82. The van der Waals surface area contributed by atoms with Crippen LogP contribution in [0.4, 0.5) is 0 Å². The van der Waals surface area contributed by atoms with E-state index in [4.69, 9.17) is 0 Å². The predicted octanol–water partition coefficient (Wildman–Crippen LogP) is 2.14. The molecule has 0 aromatic heterocycles. The molecular formula is C13H20O2. The van der Waals surface area contributed by atoms with Gasteiger partial charge < -0.3 is 10.2 Å². The van der Waals surface area contributed by atoms with E-state index >= 15 is 0 Å². The fourth-order valence-corrected chi connectivity index (χ4v) is 1.50. The first kappa shape index (κ1) is 12.2. The van der Waals surface area contributed by atoms with Crippen molar-refractivity contribution < 1.29 is 10.2 Å². The van der Waals surface area contributed by atoms with E-state index in [9.17, 15) is 10.2 Å². The van der Waals surface area contributed by atoms with Crippen LogP contribution in [0.2, 0.25) is 0 Å². The Kier molecular flexibility index (Phi) is 4.30. The maximum atomic E-state index is 9.82. The molecular weight excluding hydrogens is 188 g/mol. The highest BCUT2D eigenvalue weighted by molar-refractivity contribution is 5.14. The van der Waals surface area contributed by atoms with Crippen molar-refractivity contribution in [3.63, 3.8) is 0 Å². The zero-order valence-electron chi connectivity index (χ0n) is 9.48. The van der Waals surface area contributed by atoms with Crippen molar-refractivity contribution in [2.45, 2.75) is 44.8 Å². The van der Waals surface area contributed by atoms with E-state index in [2.05, 4.69) is 12.1 Å². The molecule has 1 aromatic carbocycles. The van der Waals surface area contributed by atoms with Crippen LogP contribution in [-0.4, -0.2) is 21.9 Å². The van der Waals surface area contributed by atoms with Gasteiger partial charge >= 0.3 is 0 Å². The summed E-state index contributed by atoms with van der Waals surface area (Å²) in [5, 5.41) is 19.1. The number of rotatable bonds is 5. The van der Waals surface area contributed by atoms with Crippen LogP contribution in [0.5, 0.6) is 0 Å². The molecule has 0 radical (unpaired) electrons. The second-order valence-corrected chi connectivity index (χ2v) is 4.37. The quantitative estimate of drug-likeness (QED) is 0.778. The Bertz CT molecular complexity index is 278. The minimum atomic E-state index is -0.964. The lowest BCUT2D eigenvalue weighted by molar-refractivity contribution is -0.0584. The van der Waals surface area contributed by atoms with Gasteiger partial charge in [-0.2, -0.15) is 0 Å². The van der Waals surface area contributed by atoms with Gasteiger partial charge in [0, 0.05) is 0 Å². The van der Waals surface area contributed by atoms with E-state index < -0.39 is 11.7 Å². The Balaban J connectivity index is 2.34. The Morgan fingerprint density at radius 3 is 2.40 bits per heavy atom. The number of hydrogen-bond acceptors (Lipinski definition) is 2. The number of benzene rings is 1. The van der Waals surface area contributed by atoms with Gasteiger partial charge in [0.2, 0.25) is 0 Å². The molecule has 2 nitrogen and oxygen atoms in total. The first-order valence-electron chi connectivity index (χ1n) is 5.47. The Labute approximate surface area is 91.6 Å². The first-order valence-corrected chi connectivity index (χ1v) is 5.47. The number of aliphatic hydroxyl groups is 2. The standard InChI is InChI=1S/C13H20O2/c1-11(14)13(2,15)10-6-9-12-7-4-3-5-8-12/h3-5,7-8,11,14-15H,6,9-10H2,1-2H3/t11-,13-/m1/s1. The van der Waals surface area contributed by atoms with Gasteiger partial charge in [0.05, 0.1) is 11.7 Å². The Morgan fingerprint density at radius 1 is 1.27 bits per heavy atom. The lowest BCUT2D eigenvalue weighted by atomic mass is 9.92. The molecule has 0 fully saturated rings. The third kappa shape index (κ3) is 4.02. The van der Waals surface area contributed by atoms with Gasteiger partial charge in [-0.3, -0.25) is 0 Å². The van der Waals surface area contributed by atoms with E-state index in [0.717, 1.165) is 12.8 Å². The summed E-state index contributed by atoms with van der Waals surface area (Å²) in [6.07, 6.45) is 1.79. The fraction of sp³-hybridized carbons (Fsp3) is 0.538. The summed E-state index contributed by atoms with van der Waals surface area (Å²) in [6, 6.07) is 10.2. The summed E-state index contributed by atoms with van der Waals surface area (Å²) >= 11 is 0. The number of aliphatic hydroxyl groups excluding tert-OH is 1. The lowest BCUT2D eigenvalue weighted by Crippen LogP contribution is -2.36. The molecule has 2 N–H and O–H groups in total.